The van der Waals surface area contributed by atoms with Crippen molar-refractivity contribution in [3.63, 3.8) is 0 Å². The molecule has 1 aromatic rings. The minimum absolute atomic E-state index is 0.323. The average molecular weight is 225 g/mol. The predicted octanol–water partition coefficient (Wildman–Crippen LogP) is 2.92. The molecular formula is C13H20FNO. The number of rotatable bonds is 8. The van der Waals surface area contributed by atoms with Gasteiger partial charge in [-0.25, -0.2) is 0 Å². The lowest BCUT2D eigenvalue weighted by Gasteiger charge is -2.11. The third-order valence-corrected chi connectivity index (χ3v) is 2.25. The van der Waals surface area contributed by atoms with Gasteiger partial charge in [0, 0.05) is 18.5 Å². The van der Waals surface area contributed by atoms with Crippen LogP contribution < -0.4 is 10.1 Å². The quantitative estimate of drug-likeness (QED) is 0.687. The molecule has 0 aromatic heterocycles. The van der Waals surface area contributed by atoms with Gasteiger partial charge in [-0.1, -0.05) is 25.1 Å². The number of ether oxygens (including phenoxy) is 1. The summed E-state index contributed by atoms with van der Waals surface area (Å²) in [7, 11) is 0. The average Bonchev–Trinajstić information content (AvgIpc) is 2.32. The van der Waals surface area contributed by atoms with Crippen molar-refractivity contribution in [2.45, 2.75) is 26.3 Å². The highest BCUT2D eigenvalue weighted by Crippen LogP contribution is 2.17. The van der Waals surface area contributed by atoms with Crippen LogP contribution in [0.2, 0.25) is 0 Å². The number of halogens is 1. The lowest BCUT2D eigenvalue weighted by Crippen LogP contribution is -2.14. The molecule has 0 atom stereocenters. The normalized spacial score (nSPS) is 10.4. The monoisotopic (exact) mass is 225 g/mol. The van der Waals surface area contributed by atoms with E-state index in [-0.39, 0.29) is 6.67 Å². The molecule has 0 radical (unpaired) electrons. The van der Waals surface area contributed by atoms with E-state index in [2.05, 4.69) is 12.2 Å². The highest BCUT2D eigenvalue weighted by Gasteiger charge is 2.01. The van der Waals surface area contributed by atoms with Gasteiger partial charge >= 0.3 is 0 Å². The third-order valence-electron chi connectivity index (χ3n) is 2.25. The highest BCUT2D eigenvalue weighted by molar-refractivity contribution is 5.33. The Hall–Kier alpha value is -1.09. The van der Waals surface area contributed by atoms with Crippen LogP contribution in [0.5, 0.6) is 5.75 Å². The molecule has 0 bridgehead atoms. The smallest absolute Gasteiger partial charge is 0.123 e. The van der Waals surface area contributed by atoms with Crippen molar-refractivity contribution in [2.24, 2.45) is 0 Å². The minimum atomic E-state index is -0.323. The molecule has 0 aliphatic carbocycles. The largest absolute Gasteiger partial charge is 0.493 e. The summed E-state index contributed by atoms with van der Waals surface area (Å²) < 4.78 is 17.5. The van der Waals surface area contributed by atoms with Crippen LogP contribution >= 0.6 is 0 Å². The van der Waals surface area contributed by atoms with Crippen LogP contribution in [0.3, 0.4) is 0 Å². The molecule has 90 valence electrons. The van der Waals surface area contributed by atoms with Gasteiger partial charge in [-0.2, -0.15) is 0 Å². The van der Waals surface area contributed by atoms with Crippen molar-refractivity contribution >= 4 is 0 Å². The van der Waals surface area contributed by atoms with Gasteiger partial charge in [0.05, 0.1) is 13.3 Å². The topological polar surface area (TPSA) is 21.3 Å². The Kier molecular flexibility index (Phi) is 6.58. The fourth-order valence-electron chi connectivity index (χ4n) is 1.43. The van der Waals surface area contributed by atoms with E-state index in [0.29, 0.717) is 13.0 Å². The Balaban J connectivity index is 2.46. The van der Waals surface area contributed by atoms with Crippen molar-refractivity contribution in [1.29, 1.82) is 0 Å². The number of benzene rings is 1. The Bertz CT molecular complexity index is 262. The zero-order valence-electron chi connectivity index (χ0n) is 9.84. The molecule has 1 rings (SSSR count). The second kappa shape index (κ2) is 8.11. The second-order valence-electron chi connectivity index (χ2n) is 3.68. The van der Waals surface area contributed by atoms with E-state index in [1.54, 1.807) is 0 Å². The van der Waals surface area contributed by atoms with Gasteiger partial charge in [-0.15, -0.1) is 0 Å². The van der Waals surface area contributed by atoms with Gasteiger partial charge < -0.3 is 10.1 Å². The summed E-state index contributed by atoms with van der Waals surface area (Å²) in [4.78, 5) is 0. The van der Waals surface area contributed by atoms with Crippen LogP contribution in [0.4, 0.5) is 4.39 Å². The van der Waals surface area contributed by atoms with E-state index in [1.165, 1.54) is 0 Å². The molecule has 0 saturated heterocycles. The van der Waals surface area contributed by atoms with Gasteiger partial charge in [-0.3, -0.25) is 4.39 Å². The SMILES string of the molecule is CCCNCc1ccccc1OCCCF. The first-order valence-corrected chi connectivity index (χ1v) is 5.86. The zero-order valence-corrected chi connectivity index (χ0v) is 9.84. The molecule has 0 aliphatic heterocycles. The number of hydrogen-bond acceptors (Lipinski definition) is 2. The Morgan fingerprint density at radius 2 is 2.12 bits per heavy atom. The first-order valence-electron chi connectivity index (χ1n) is 5.86. The van der Waals surface area contributed by atoms with E-state index < -0.39 is 0 Å². The van der Waals surface area contributed by atoms with Crippen LogP contribution in [0, 0.1) is 0 Å². The molecule has 0 unspecified atom stereocenters. The molecule has 0 saturated carbocycles. The number of alkyl halides is 1. The summed E-state index contributed by atoms with van der Waals surface area (Å²) in [5.41, 5.74) is 1.13. The molecule has 16 heavy (non-hydrogen) atoms. The molecule has 0 aliphatic rings. The van der Waals surface area contributed by atoms with Crippen LogP contribution in [0.1, 0.15) is 25.3 Å². The molecule has 0 spiro atoms. The van der Waals surface area contributed by atoms with Gasteiger partial charge in [0.1, 0.15) is 5.75 Å². The summed E-state index contributed by atoms with van der Waals surface area (Å²) in [6.45, 7) is 4.06. The second-order valence-corrected chi connectivity index (χ2v) is 3.68. The highest BCUT2D eigenvalue weighted by atomic mass is 19.1. The van der Waals surface area contributed by atoms with Crippen molar-refractivity contribution in [2.75, 3.05) is 19.8 Å². The lowest BCUT2D eigenvalue weighted by atomic mass is 10.2. The molecule has 0 heterocycles. The van der Waals surface area contributed by atoms with Crippen molar-refractivity contribution < 1.29 is 9.13 Å². The first kappa shape index (κ1) is 13.0. The van der Waals surface area contributed by atoms with E-state index in [9.17, 15) is 4.39 Å². The van der Waals surface area contributed by atoms with Gasteiger partial charge in [0.25, 0.3) is 0 Å². The van der Waals surface area contributed by atoms with E-state index in [4.69, 9.17) is 4.74 Å². The minimum Gasteiger partial charge on any atom is -0.493 e. The van der Waals surface area contributed by atoms with Crippen molar-refractivity contribution in [1.82, 2.24) is 5.32 Å². The molecular weight excluding hydrogens is 205 g/mol. The Morgan fingerprint density at radius 3 is 2.88 bits per heavy atom. The summed E-state index contributed by atoms with van der Waals surface area (Å²) >= 11 is 0. The Labute approximate surface area is 96.8 Å². The zero-order chi connectivity index (χ0) is 11.6. The molecule has 0 fully saturated rings. The number of hydrogen-bond donors (Lipinski definition) is 1. The summed E-state index contributed by atoms with van der Waals surface area (Å²) in [5.74, 6) is 0.861. The summed E-state index contributed by atoms with van der Waals surface area (Å²) in [6.07, 6.45) is 1.57. The van der Waals surface area contributed by atoms with Crippen LogP contribution in [0.25, 0.3) is 0 Å². The van der Waals surface area contributed by atoms with Gasteiger partial charge in [0.15, 0.2) is 0 Å². The van der Waals surface area contributed by atoms with E-state index >= 15 is 0 Å². The maximum Gasteiger partial charge on any atom is 0.123 e. The van der Waals surface area contributed by atoms with Crippen LogP contribution in [0.15, 0.2) is 24.3 Å². The summed E-state index contributed by atoms with van der Waals surface area (Å²) in [5, 5.41) is 3.33. The maximum atomic E-state index is 12.0. The molecule has 0 amide bonds. The van der Waals surface area contributed by atoms with Crippen LogP contribution in [-0.4, -0.2) is 19.8 Å². The van der Waals surface area contributed by atoms with Gasteiger partial charge in [-0.05, 0) is 19.0 Å². The number of para-hydroxylation sites is 1. The molecule has 3 heteroatoms. The fourth-order valence-corrected chi connectivity index (χ4v) is 1.43. The molecule has 1 aromatic carbocycles. The Morgan fingerprint density at radius 1 is 1.31 bits per heavy atom. The fraction of sp³-hybridized carbons (Fsp3) is 0.538. The van der Waals surface area contributed by atoms with Gasteiger partial charge in [0.2, 0.25) is 0 Å². The van der Waals surface area contributed by atoms with Crippen molar-refractivity contribution in [3.05, 3.63) is 29.8 Å². The summed E-state index contributed by atoms with van der Waals surface area (Å²) in [6, 6.07) is 7.90. The standard InChI is InChI=1S/C13H20FNO/c1-2-9-15-11-12-6-3-4-7-13(12)16-10-5-8-14/h3-4,6-7,15H,2,5,8-11H2,1H3. The number of nitrogens with one attached hydrogen (secondary N) is 1. The molecule has 2 nitrogen and oxygen atoms in total. The predicted molar refractivity (Wildman–Crippen MR) is 64.5 cm³/mol. The lowest BCUT2D eigenvalue weighted by molar-refractivity contribution is 0.286. The third kappa shape index (κ3) is 4.62. The van der Waals surface area contributed by atoms with Crippen LogP contribution in [-0.2, 0) is 6.54 Å². The van der Waals surface area contributed by atoms with Crippen molar-refractivity contribution in [3.8, 4) is 5.75 Å². The maximum absolute atomic E-state index is 12.0. The molecule has 1 N–H and O–H groups in total. The van der Waals surface area contributed by atoms with E-state index in [0.717, 1.165) is 30.8 Å². The van der Waals surface area contributed by atoms with E-state index in [1.807, 2.05) is 24.3 Å². The first-order chi connectivity index (χ1) is 7.88.